The lowest BCUT2D eigenvalue weighted by Crippen LogP contribution is -2.70. The molecule has 0 radical (unpaired) electrons. The molecule has 1 fully saturated rings. The lowest BCUT2D eigenvalue weighted by atomic mass is 9.83. The largest absolute Gasteiger partial charge is 0.368 e. The van der Waals surface area contributed by atoms with Crippen molar-refractivity contribution in [2.24, 2.45) is 0 Å². The molecular weight excluding hydrogens is 1100 g/mol. The van der Waals surface area contributed by atoms with Gasteiger partial charge in [-0.05, 0) is 115 Å². The molecule has 0 aromatic heterocycles. The zero-order chi connectivity index (χ0) is 66.4. The molecule has 0 saturated carbocycles. The number of quaternary nitrogens is 1. The van der Waals surface area contributed by atoms with E-state index in [0.717, 1.165) is 81.8 Å². The van der Waals surface area contributed by atoms with Crippen molar-refractivity contribution in [1.29, 1.82) is 0 Å². The number of carbonyl (C=O) groups excluding carboxylic acids is 3. The normalized spacial score (nSPS) is 16.9. The Balaban J connectivity index is 3.25. The van der Waals surface area contributed by atoms with Crippen LogP contribution in [0.2, 0.25) is 0 Å². The predicted molar refractivity (Wildman–Crippen MR) is 387 cm³/mol. The molecule has 1 heterocycles. The monoisotopic (exact) mass is 1260 g/mol. The minimum absolute atomic E-state index is 0.00482. The summed E-state index contributed by atoms with van der Waals surface area (Å²) in [5, 5.41) is 0. The number of nitrogens with zero attached hydrogens (tertiary/aromatic N) is 2. The first-order valence-electron chi connectivity index (χ1n) is 39.5. The van der Waals surface area contributed by atoms with Gasteiger partial charge in [-0.2, -0.15) is 0 Å². The Morgan fingerprint density at radius 1 is 0.360 bits per heavy atom. The lowest BCUT2D eigenvalue weighted by Gasteiger charge is -2.57. The zero-order valence-electron chi connectivity index (χ0n) is 63.3. The van der Waals surface area contributed by atoms with E-state index < -0.39 is 16.8 Å². The van der Waals surface area contributed by atoms with Crippen LogP contribution < -0.4 is 0 Å². The number of rotatable bonds is 67. The summed E-state index contributed by atoms with van der Waals surface area (Å²) in [5.74, 6) is 0.679. The van der Waals surface area contributed by atoms with Crippen molar-refractivity contribution in [1.82, 2.24) is 4.90 Å². The third-order valence-corrected chi connectivity index (χ3v) is 22.4. The SMILES string of the molecule is CCCCCCCCCCCCCCCCCCN1C(CC[N+](C)(C(C)(C)CCOC(C)(C)C(=O)CCCCCCCCCCC)C(C)(C)CCOC(C)(C)C(=O)CCCCCCCCCCC)C1(C)CCOC(C)(C)C(=O)CCCCCCCCCCC. The average molecular weight is 1260 g/mol. The van der Waals surface area contributed by atoms with Crippen LogP contribution in [0.15, 0.2) is 0 Å². The van der Waals surface area contributed by atoms with Crippen molar-refractivity contribution >= 4 is 17.3 Å². The Kier molecular flexibility index (Phi) is 47.6. The summed E-state index contributed by atoms with van der Waals surface area (Å²) >= 11 is 0. The van der Waals surface area contributed by atoms with E-state index in [1.807, 2.05) is 41.5 Å². The van der Waals surface area contributed by atoms with E-state index in [2.05, 4.69) is 74.3 Å². The van der Waals surface area contributed by atoms with E-state index in [1.54, 1.807) is 0 Å². The first kappa shape index (κ1) is 85.8. The molecule has 8 nitrogen and oxygen atoms in total. The second kappa shape index (κ2) is 49.3. The smallest absolute Gasteiger partial charge is 0.164 e. The molecule has 3 unspecified atom stereocenters. The van der Waals surface area contributed by atoms with Crippen molar-refractivity contribution in [2.45, 2.75) is 464 Å². The highest BCUT2D eigenvalue weighted by Gasteiger charge is 2.60. The Hall–Kier alpha value is -1.19. The topological polar surface area (TPSA) is 81.9 Å². The lowest BCUT2D eigenvalue weighted by molar-refractivity contribution is -0.998. The van der Waals surface area contributed by atoms with Gasteiger partial charge in [0.1, 0.15) is 16.8 Å². The van der Waals surface area contributed by atoms with Crippen molar-refractivity contribution in [3.63, 3.8) is 0 Å². The van der Waals surface area contributed by atoms with Gasteiger partial charge in [-0.3, -0.25) is 19.3 Å². The number of unbranched alkanes of at least 4 members (excludes halogenated alkanes) is 39. The van der Waals surface area contributed by atoms with Crippen molar-refractivity contribution < 1.29 is 33.1 Å². The molecule has 89 heavy (non-hydrogen) atoms. The number of carbonyl (C=O) groups is 3. The van der Waals surface area contributed by atoms with E-state index in [0.29, 0.717) is 45.1 Å². The van der Waals surface area contributed by atoms with Gasteiger partial charge < -0.3 is 18.7 Å². The van der Waals surface area contributed by atoms with Gasteiger partial charge in [0, 0.05) is 56.7 Å². The van der Waals surface area contributed by atoms with Gasteiger partial charge in [0.2, 0.25) is 0 Å². The Labute approximate surface area is 556 Å². The molecule has 0 spiro atoms. The van der Waals surface area contributed by atoms with E-state index >= 15 is 0 Å². The van der Waals surface area contributed by atoms with Crippen LogP contribution in [0, 0.1) is 0 Å². The van der Waals surface area contributed by atoms with Crippen LogP contribution in [-0.2, 0) is 28.6 Å². The molecule has 0 aliphatic carbocycles. The molecule has 1 aliphatic rings. The summed E-state index contributed by atoms with van der Waals surface area (Å²) < 4.78 is 20.8. The molecule has 1 rings (SSSR count). The molecule has 1 saturated heterocycles. The predicted octanol–water partition coefficient (Wildman–Crippen LogP) is 24.1. The number of Topliss-reactive ketones (excluding diaryl/α,β-unsaturated/α-hetero) is 3. The van der Waals surface area contributed by atoms with Crippen LogP contribution in [0.4, 0.5) is 0 Å². The number of ether oxygens (including phenoxy) is 3. The molecule has 528 valence electrons. The first-order chi connectivity index (χ1) is 42.4. The van der Waals surface area contributed by atoms with E-state index in [9.17, 15) is 14.4 Å². The third kappa shape index (κ3) is 37.1. The van der Waals surface area contributed by atoms with E-state index in [4.69, 9.17) is 14.2 Å². The maximum atomic E-state index is 13.7. The van der Waals surface area contributed by atoms with Gasteiger partial charge in [-0.15, -0.1) is 0 Å². The molecule has 0 amide bonds. The minimum atomic E-state index is -0.827. The molecule has 3 atom stereocenters. The molecule has 0 N–H and O–H groups in total. The van der Waals surface area contributed by atoms with Crippen LogP contribution in [0.25, 0.3) is 0 Å². The molecule has 0 bridgehead atoms. The molecular formula is C81H159N2O6+. The summed E-state index contributed by atoms with van der Waals surface area (Å²) in [6.07, 6.45) is 60.9. The summed E-state index contributed by atoms with van der Waals surface area (Å²) in [6.45, 7) is 37.0. The Bertz CT molecular complexity index is 1670. The molecule has 0 aromatic rings. The minimum Gasteiger partial charge on any atom is -0.368 e. The van der Waals surface area contributed by atoms with Crippen LogP contribution in [0.1, 0.15) is 425 Å². The van der Waals surface area contributed by atoms with E-state index in [1.165, 1.54) is 238 Å². The van der Waals surface area contributed by atoms with Gasteiger partial charge in [-0.1, -0.05) is 278 Å². The molecule has 8 heteroatoms. The van der Waals surface area contributed by atoms with Gasteiger partial charge >= 0.3 is 0 Å². The average Bonchev–Trinajstić information content (AvgIpc) is 1.62. The number of hydrogen-bond donors (Lipinski definition) is 0. The Morgan fingerprint density at radius 3 is 0.865 bits per heavy atom. The molecule has 0 aromatic carbocycles. The van der Waals surface area contributed by atoms with Crippen LogP contribution >= 0.6 is 0 Å². The van der Waals surface area contributed by atoms with Crippen molar-refractivity contribution in [3.8, 4) is 0 Å². The van der Waals surface area contributed by atoms with E-state index in [-0.39, 0.29) is 34.0 Å². The number of ketones is 3. The quantitative estimate of drug-likeness (QED) is 0.0341. The van der Waals surface area contributed by atoms with Crippen LogP contribution in [-0.4, -0.2) is 106 Å². The second-order valence-corrected chi connectivity index (χ2v) is 32.0. The van der Waals surface area contributed by atoms with Crippen molar-refractivity contribution in [2.75, 3.05) is 40.0 Å². The van der Waals surface area contributed by atoms with Crippen molar-refractivity contribution in [3.05, 3.63) is 0 Å². The van der Waals surface area contributed by atoms with Gasteiger partial charge in [-0.25, -0.2) is 0 Å². The fourth-order valence-corrected chi connectivity index (χ4v) is 14.5. The zero-order valence-corrected chi connectivity index (χ0v) is 63.3. The fraction of sp³-hybridized carbons (Fsp3) is 0.963. The van der Waals surface area contributed by atoms with Crippen LogP contribution in [0.3, 0.4) is 0 Å². The highest BCUT2D eigenvalue weighted by molar-refractivity contribution is 5.87. The highest BCUT2D eigenvalue weighted by Crippen LogP contribution is 2.48. The first-order valence-corrected chi connectivity index (χ1v) is 39.5. The second-order valence-electron chi connectivity index (χ2n) is 32.0. The third-order valence-electron chi connectivity index (χ3n) is 22.4. The maximum absolute atomic E-state index is 13.7. The standard InChI is InChI=1S/C81H159N2O6/c1-17-21-25-29-33-37-38-39-40-41-42-43-47-51-55-59-67-82-72(81(82,15)66-71-89-80(13,14)75(86)62-58-54-50-46-36-32-28-24-20-4)63-68-83(16,76(5,6)64-69-87-78(9,10)73(84)60-56-52-48-44-34-30-26-22-18-2)77(7,8)65-70-88-79(11,12)74(85)61-57-53-49-45-35-31-27-23-19-3/h72H,17-71H2,1-16H3/q+1. The van der Waals surface area contributed by atoms with Crippen LogP contribution in [0.5, 0.6) is 0 Å². The summed E-state index contributed by atoms with van der Waals surface area (Å²) in [5.41, 5.74) is -2.87. The summed E-state index contributed by atoms with van der Waals surface area (Å²) in [6, 6.07) is 0.412. The fourth-order valence-electron chi connectivity index (χ4n) is 14.5. The maximum Gasteiger partial charge on any atom is 0.164 e. The summed E-state index contributed by atoms with van der Waals surface area (Å²) in [4.78, 5) is 44.0. The van der Waals surface area contributed by atoms with Gasteiger partial charge in [0.25, 0.3) is 0 Å². The Morgan fingerprint density at radius 2 is 0.596 bits per heavy atom. The summed E-state index contributed by atoms with van der Waals surface area (Å²) in [7, 11) is 2.48. The van der Waals surface area contributed by atoms with Gasteiger partial charge in [0.15, 0.2) is 17.3 Å². The highest BCUT2D eigenvalue weighted by atomic mass is 16.5. The number of hydrogen-bond acceptors (Lipinski definition) is 7. The molecule has 1 aliphatic heterocycles. The van der Waals surface area contributed by atoms with Gasteiger partial charge in [0.05, 0.1) is 37.9 Å².